The number of aromatic amines is 1. The summed E-state index contributed by atoms with van der Waals surface area (Å²) in [6, 6.07) is 17.4. The quantitative estimate of drug-likeness (QED) is 0.576. The molecule has 4 N–H and O–H groups in total. The van der Waals surface area contributed by atoms with Gasteiger partial charge in [0.25, 0.3) is 5.91 Å². The van der Waals surface area contributed by atoms with Crippen LogP contribution < -0.4 is 11.1 Å². The molecule has 0 aliphatic heterocycles. The van der Waals surface area contributed by atoms with Crippen LogP contribution >= 0.6 is 0 Å². The molecule has 1 aromatic heterocycles. The molecule has 142 valence electrons. The number of H-pyrrole nitrogens is 1. The van der Waals surface area contributed by atoms with E-state index in [0.717, 1.165) is 10.9 Å². The van der Waals surface area contributed by atoms with Crippen molar-refractivity contribution < 1.29 is 9.59 Å². The van der Waals surface area contributed by atoms with Crippen LogP contribution in [0.2, 0.25) is 0 Å². The number of aryl methyl sites for hydroxylation is 1. The fourth-order valence-electron chi connectivity index (χ4n) is 2.76. The van der Waals surface area contributed by atoms with E-state index in [4.69, 9.17) is 5.73 Å². The Bertz CT molecular complexity index is 885. The van der Waals surface area contributed by atoms with Gasteiger partial charge in [0.05, 0.1) is 0 Å². The van der Waals surface area contributed by atoms with Crippen LogP contribution in [-0.2, 0) is 6.42 Å². The van der Waals surface area contributed by atoms with Crippen LogP contribution in [0, 0.1) is 0 Å². The van der Waals surface area contributed by atoms with E-state index < -0.39 is 5.91 Å². The predicted molar refractivity (Wildman–Crippen MR) is 110 cm³/mol. The monoisotopic (exact) mass is 365 g/mol. The minimum atomic E-state index is -0.488. The van der Waals surface area contributed by atoms with Gasteiger partial charge >= 0.3 is 0 Å². The third-order valence-corrected chi connectivity index (χ3v) is 4.29. The lowest BCUT2D eigenvalue weighted by Crippen LogP contribution is -2.17. The van der Waals surface area contributed by atoms with Crippen LogP contribution in [0.5, 0.6) is 0 Å². The van der Waals surface area contributed by atoms with E-state index in [1.807, 2.05) is 0 Å². The van der Waals surface area contributed by atoms with Crippen molar-refractivity contribution in [3.63, 3.8) is 0 Å². The highest BCUT2D eigenvalue weighted by molar-refractivity contribution is 6.01. The largest absolute Gasteiger partial charge is 0.366 e. The number of nitrogens with two attached hydrogens (primary N) is 1. The molecule has 5 heteroatoms. The SMILES string of the molecule is CCCCCc1ccccc1.CNC(=O)c1cc2ccc(C(N)=O)cc2[nH]1. The third-order valence-electron chi connectivity index (χ3n) is 4.29. The molecule has 3 aromatic rings. The summed E-state index contributed by atoms with van der Waals surface area (Å²) in [6.07, 6.45) is 5.25. The van der Waals surface area contributed by atoms with Crippen LogP contribution in [0.1, 0.15) is 52.6 Å². The van der Waals surface area contributed by atoms with Gasteiger partial charge in [0.2, 0.25) is 5.91 Å². The van der Waals surface area contributed by atoms with E-state index in [9.17, 15) is 9.59 Å². The van der Waals surface area contributed by atoms with Crippen molar-refractivity contribution in [2.24, 2.45) is 5.73 Å². The Kier molecular flexibility index (Phi) is 7.62. The molecule has 0 atom stereocenters. The Morgan fingerprint density at radius 2 is 1.78 bits per heavy atom. The minimum Gasteiger partial charge on any atom is -0.366 e. The van der Waals surface area contributed by atoms with E-state index in [-0.39, 0.29) is 5.91 Å². The maximum Gasteiger partial charge on any atom is 0.267 e. The molecule has 0 fully saturated rings. The summed E-state index contributed by atoms with van der Waals surface area (Å²) in [7, 11) is 1.56. The zero-order chi connectivity index (χ0) is 19.6. The molecule has 27 heavy (non-hydrogen) atoms. The number of hydrogen-bond acceptors (Lipinski definition) is 2. The van der Waals surface area contributed by atoms with Crippen molar-refractivity contribution in [3.8, 4) is 0 Å². The Balaban J connectivity index is 0.000000208. The van der Waals surface area contributed by atoms with Gasteiger partial charge in [0.1, 0.15) is 5.69 Å². The van der Waals surface area contributed by atoms with E-state index >= 15 is 0 Å². The summed E-state index contributed by atoms with van der Waals surface area (Å²) in [4.78, 5) is 25.3. The maximum absolute atomic E-state index is 11.4. The van der Waals surface area contributed by atoms with Gasteiger partial charge < -0.3 is 16.0 Å². The van der Waals surface area contributed by atoms with Gasteiger partial charge in [-0.3, -0.25) is 9.59 Å². The topological polar surface area (TPSA) is 88.0 Å². The first-order valence-corrected chi connectivity index (χ1v) is 9.23. The van der Waals surface area contributed by atoms with Gasteiger partial charge in [-0.1, -0.05) is 56.2 Å². The average molecular weight is 365 g/mol. The highest BCUT2D eigenvalue weighted by Gasteiger charge is 2.08. The molecule has 0 unspecified atom stereocenters. The second-order valence-electron chi connectivity index (χ2n) is 6.37. The molecular weight excluding hydrogens is 338 g/mol. The van der Waals surface area contributed by atoms with Crippen molar-refractivity contribution in [3.05, 3.63) is 71.4 Å². The number of nitrogens with one attached hydrogen (secondary N) is 2. The molecule has 0 saturated carbocycles. The number of primary amides is 1. The van der Waals surface area contributed by atoms with Crippen LogP contribution in [-0.4, -0.2) is 23.8 Å². The summed E-state index contributed by atoms with van der Waals surface area (Å²) in [5, 5.41) is 3.38. The first-order valence-electron chi connectivity index (χ1n) is 9.23. The summed E-state index contributed by atoms with van der Waals surface area (Å²) in [6.45, 7) is 2.24. The smallest absolute Gasteiger partial charge is 0.267 e. The van der Waals surface area contributed by atoms with Gasteiger partial charge in [-0.15, -0.1) is 0 Å². The lowest BCUT2D eigenvalue weighted by Gasteiger charge is -1.98. The van der Waals surface area contributed by atoms with E-state index in [0.29, 0.717) is 11.3 Å². The Morgan fingerprint density at radius 3 is 2.41 bits per heavy atom. The zero-order valence-corrected chi connectivity index (χ0v) is 15.9. The lowest BCUT2D eigenvalue weighted by atomic mass is 10.1. The van der Waals surface area contributed by atoms with Gasteiger partial charge in [-0.05, 0) is 36.6 Å². The molecule has 0 bridgehead atoms. The fraction of sp³-hybridized carbons (Fsp3) is 0.273. The first-order chi connectivity index (χ1) is 13.0. The summed E-state index contributed by atoms with van der Waals surface area (Å²) < 4.78 is 0. The molecule has 3 rings (SSSR count). The molecule has 0 spiro atoms. The second-order valence-corrected chi connectivity index (χ2v) is 6.37. The molecule has 2 aromatic carbocycles. The maximum atomic E-state index is 11.4. The number of rotatable bonds is 6. The predicted octanol–water partition coefficient (Wildman–Crippen LogP) is 4.05. The molecular formula is C22H27N3O2. The van der Waals surface area contributed by atoms with Crippen molar-refractivity contribution in [1.82, 2.24) is 10.3 Å². The van der Waals surface area contributed by atoms with Crippen molar-refractivity contribution in [2.45, 2.75) is 32.6 Å². The minimum absolute atomic E-state index is 0.197. The Morgan fingerprint density at radius 1 is 1.04 bits per heavy atom. The van der Waals surface area contributed by atoms with Gasteiger partial charge in [-0.2, -0.15) is 0 Å². The summed E-state index contributed by atoms with van der Waals surface area (Å²) in [5.74, 6) is -0.685. The number of hydrogen-bond donors (Lipinski definition) is 3. The van der Waals surface area contributed by atoms with Crippen molar-refractivity contribution in [1.29, 1.82) is 0 Å². The molecule has 0 aliphatic rings. The highest BCUT2D eigenvalue weighted by Crippen LogP contribution is 2.17. The molecule has 0 saturated heterocycles. The summed E-state index contributed by atoms with van der Waals surface area (Å²) in [5.41, 5.74) is 8.23. The number of fused-ring (bicyclic) bond motifs is 1. The third kappa shape index (κ3) is 5.99. The van der Waals surface area contributed by atoms with Crippen molar-refractivity contribution >= 4 is 22.7 Å². The summed E-state index contributed by atoms with van der Waals surface area (Å²) >= 11 is 0. The second kappa shape index (κ2) is 10.2. The number of amides is 2. The number of unbranched alkanes of at least 4 members (excludes halogenated alkanes) is 2. The Hall–Kier alpha value is -3.08. The number of aromatic nitrogens is 1. The molecule has 0 radical (unpaired) electrons. The Labute approximate surface area is 160 Å². The van der Waals surface area contributed by atoms with Gasteiger partial charge in [-0.25, -0.2) is 0 Å². The standard InChI is InChI=1S/C11H11N3O2.C11H16/c1-13-11(16)9-4-6-2-3-7(10(12)15)5-8(6)14-9;1-2-3-5-8-11-9-6-4-7-10-11/h2-5,14H,1H3,(H2,12,15)(H,13,16);4,6-7,9-10H,2-3,5,8H2,1H3. The number of carbonyl (C=O) groups is 2. The number of benzene rings is 2. The van der Waals surface area contributed by atoms with Crippen molar-refractivity contribution in [2.75, 3.05) is 7.05 Å². The van der Waals surface area contributed by atoms with E-state index in [1.54, 1.807) is 31.3 Å². The van der Waals surface area contributed by atoms with Crippen LogP contribution in [0.3, 0.4) is 0 Å². The van der Waals surface area contributed by atoms with Gasteiger partial charge in [0.15, 0.2) is 0 Å². The lowest BCUT2D eigenvalue weighted by molar-refractivity contribution is 0.0957. The molecule has 1 heterocycles. The van der Waals surface area contributed by atoms with E-state index in [1.165, 1.54) is 31.2 Å². The zero-order valence-electron chi connectivity index (χ0n) is 15.9. The van der Waals surface area contributed by atoms with Crippen LogP contribution in [0.4, 0.5) is 0 Å². The van der Waals surface area contributed by atoms with Gasteiger partial charge in [0, 0.05) is 23.5 Å². The normalized spacial score (nSPS) is 10.1. The van der Waals surface area contributed by atoms with Crippen LogP contribution in [0.25, 0.3) is 10.9 Å². The first kappa shape index (κ1) is 20.2. The average Bonchev–Trinajstić information content (AvgIpc) is 3.12. The molecule has 5 nitrogen and oxygen atoms in total. The number of carbonyl (C=O) groups excluding carboxylic acids is 2. The fourth-order valence-corrected chi connectivity index (χ4v) is 2.76. The molecule has 0 aliphatic carbocycles. The highest BCUT2D eigenvalue weighted by atomic mass is 16.2. The molecule has 2 amide bonds. The van der Waals surface area contributed by atoms with E-state index in [2.05, 4.69) is 47.6 Å². The van der Waals surface area contributed by atoms with Crippen LogP contribution in [0.15, 0.2) is 54.6 Å².